The van der Waals surface area contributed by atoms with Gasteiger partial charge in [-0.1, -0.05) is 18.6 Å². The lowest BCUT2D eigenvalue weighted by Crippen LogP contribution is -2.53. The maximum absolute atomic E-state index is 14.6. The van der Waals surface area contributed by atoms with Crippen LogP contribution in [0.5, 0.6) is 11.5 Å². The van der Waals surface area contributed by atoms with Gasteiger partial charge in [-0.2, -0.15) is 0 Å². The number of ether oxygens (including phenoxy) is 1. The van der Waals surface area contributed by atoms with Crippen molar-refractivity contribution in [1.82, 2.24) is 20.1 Å². The van der Waals surface area contributed by atoms with Gasteiger partial charge in [-0.25, -0.2) is 9.18 Å². The average Bonchev–Trinajstić information content (AvgIpc) is 3.27. The molecule has 2 unspecified atom stereocenters. The van der Waals surface area contributed by atoms with E-state index >= 15 is 0 Å². The van der Waals surface area contributed by atoms with Crippen LogP contribution in [-0.2, 0) is 11.2 Å². The van der Waals surface area contributed by atoms with E-state index < -0.39 is 17.4 Å². The number of aromatic amines is 1. The van der Waals surface area contributed by atoms with E-state index in [-0.39, 0.29) is 29.9 Å². The number of nitrogens with zero attached hydrogens (tertiary/aromatic N) is 2. The van der Waals surface area contributed by atoms with E-state index in [1.807, 2.05) is 6.07 Å². The predicted molar refractivity (Wildman–Crippen MR) is 136 cm³/mol. The van der Waals surface area contributed by atoms with Gasteiger partial charge in [0.05, 0.1) is 7.11 Å². The summed E-state index contributed by atoms with van der Waals surface area (Å²) in [5, 5.41) is 14.5. The normalized spacial score (nSPS) is 23.4. The molecule has 2 atom stereocenters. The molecule has 0 spiro atoms. The molecule has 1 aromatic heterocycles. The summed E-state index contributed by atoms with van der Waals surface area (Å²) in [6.45, 7) is 2.89. The second kappa shape index (κ2) is 8.76. The highest BCUT2D eigenvalue weighted by Crippen LogP contribution is 2.49. The van der Waals surface area contributed by atoms with Crippen molar-refractivity contribution in [3.05, 3.63) is 59.0 Å². The lowest BCUT2D eigenvalue weighted by molar-refractivity contribution is -0.133. The maximum atomic E-state index is 14.6. The van der Waals surface area contributed by atoms with E-state index in [9.17, 15) is 19.1 Å². The first-order valence-corrected chi connectivity index (χ1v) is 12.9. The smallest absolute Gasteiger partial charge is 0.328 e. The molecule has 2 fully saturated rings. The number of phenols is 1. The third kappa shape index (κ3) is 3.67. The summed E-state index contributed by atoms with van der Waals surface area (Å²) in [6.07, 6.45) is 4.57. The fourth-order valence-electron chi connectivity index (χ4n) is 6.07. The van der Waals surface area contributed by atoms with E-state index in [0.717, 1.165) is 17.5 Å². The molecule has 2 aromatic carbocycles. The Morgan fingerprint density at radius 2 is 2.05 bits per heavy atom. The summed E-state index contributed by atoms with van der Waals surface area (Å²) in [5.41, 5.74) is 1.66. The molecule has 8 nitrogen and oxygen atoms in total. The number of aromatic hydroxyl groups is 1. The zero-order chi connectivity index (χ0) is 25.9. The Morgan fingerprint density at radius 1 is 1.24 bits per heavy atom. The van der Waals surface area contributed by atoms with Crippen LogP contribution in [0.15, 0.2) is 36.4 Å². The molecular formula is C28H31FN4O4. The predicted octanol–water partition coefficient (Wildman–Crippen LogP) is 4.22. The molecule has 1 aliphatic carbocycles. The summed E-state index contributed by atoms with van der Waals surface area (Å²) in [6, 6.07) is 9.28. The lowest BCUT2D eigenvalue weighted by Gasteiger charge is -2.42. The van der Waals surface area contributed by atoms with Crippen molar-refractivity contribution < 1.29 is 23.8 Å². The Balaban J connectivity index is 1.42. The van der Waals surface area contributed by atoms with E-state index in [1.165, 1.54) is 37.3 Å². The number of aromatic nitrogens is 1. The molecule has 0 bridgehead atoms. The molecule has 9 heteroatoms. The minimum absolute atomic E-state index is 0.0621. The fourth-order valence-corrected chi connectivity index (χ4v) is 6.07. The summed E-state index contributed by atoms with van der Waals surface area (Å²) in [5.74, 6) is -0.555. The van der Waals surface area contributed by atoms with Crippen LogP contribution in [0.25, 0.3) is 10.9 Å². The number of H-pyrrole nitrogens is 1. The van der Waals surface area contributed by atoms with Gasteiger partial charge in [0.25, 0.3) is 5.91 Å². The summed E-state index contributed by atoms with van der Waals surface area (Å²) >= 11 is 0. The number of hydrogen-bond donors (Lipinski definition) is 3. The van der Waals surface area contributed by atoms with Crippen molar-refractivity contribution in [2.24, 2.45) is 0 Å². The van der Waals surface area contributed by atoms with Crippen LogP contribution in [0.3, 0.4) is 0 Å². The number of carbonyl (C=O) groups is 2. The number of methoxy groups -OCH3 is 1. The van der Waals surface area contributed by atoms with Crippen molar-refractivity contribution in [3.8, 4) is 11.5 Å². The third-order valence-corrected chi connectivity index (χ3v) is 8.22. The van der Waals surface area contributed by atoms with Crippen LogP contribution in [0.2, 0.25) is 0 Å². The molecule has 3 aromatic rings. The van der Waals surface area contributed by atoms with E-state index in [2.05, 4.69) is 10.3 Å². The van der Waals surface area contributed by atoms with E-state index in [1.54, 1.807) is 36.1 Å². The van der Waals surface area contributed by atoms with Crippen LogP contribution < -0.4 is 10.1 Å². The van der Waals surface area contributed by atoms with Crippen molar-refractivity contribution >= 4 is 22.8 Å². The first kappa shape index (κ1) is 23.8. The number of carbonyl (C=O) groups excluding carboxylic acids is 2. The van der Waals surface area contributed by atoms with Gasteiger partial charge in [-0.15, -0.1) is 0 Å². The van der Waals surface area contributed by atoms with Gasteiger partial charge >= 0.3 is 6.03 Å². The molecule has 3 amide bonds. The topological polar surface area (TPSA) is 97.9 Å². The number of fused-ring (bicyclic) bond motifs is 4. The van der Waals surface area contributed by atoms with Gasteiger partial charge in [0, 0.05) is 41.7 Å². The number of phenolic OH excluding ortho intramolecular Hbond substituents is 1. The van der Waals surface area contributed by atoms with E-state index in [0.29, 0.717) is 35.8 Å². The van der Waals surface area contributed by atoms with Crippen LogP contribution in [0.4, 0.5) is 9.18 Å². The highest BCUT2D eigenvalue weighted by Gasteiger charge is 2.60. The Hall–Kier alpha value is -3.59. The second-order valence-corrected chi connectivity index (χ2v) is 10.5. The standard InChI is InChI=1S/C28H31FN4O4/c1-28-15-20-19-13-23(37-2)21(29)14-22(19)31-24(20)25(16-6-3-9-18(34)12-16)33(28)27(36)32(26(28)35)11-5-10-30-17-7-4-8-17/h3,6,9,12-14,17,25,30-31,34H,4-5,7-8,10-11,15H2,1-2H3. The number of hydrogen-bond acceptors (Lipinski definition) is 5. The largest absolute Gasteiger partial charge is 0.508 e. The van der Waals surface area contributed by atoms with Crippen LogP contribution in [-0.4, -0.2) is 63.6 Å². The number of rotatable bonds is 7. The van der Waals surface area contributed by atoms with Crippen LogP contribution >= 0.6 is 0 Å². The minimum Gasteiger partial charge on any atom is -0.508 e. The van der Waals surface area contributed by atoms with Crippen molar-refractivity contribution in [3.63, 3.8) is 0 Å². The van der Waals surface area contributed by atoms with Gasteiger partial charge < -0.3 is 20.1 Å². The molecule has 0 radical (unpaired) electrons. The number of urea groups is 1. The zero-order valence-corrected chi connectivity index (χ0v) is 21.0. The van der Waals surface area contributed by atoms with Crippen LogP contribution in [0.1, 0.15) is 55.5 Å². The molecule has 3 N–H and O–H groups in total. The molecule has 6 rings (SSSR count). The number of benzene rings is 2. The zero-order valence-electron chi connectivity index (χ0n) is 21.0. The molecule has 194 valence electrons. The SMILES string of the molecule is COc1cc2c3c([nH]c2cc1F)C(c1cccc(O)c1)N1C(=O)N(CCCNC2CCC2)C(=O)C1(C)C3. The fraction of sp³-hybridized carbons (Fsp3) is 0.429. The van der Waals surface area contributed by atoms with Crippen LogP contribution in [0, 0.1) is 5.82 Å². The molecule has 1 saturated heterocycles. The summed E-state index contributed by atoms with van der Waals surface area (Å²) in [4.78, 5) is 34.0. The van der Waals surface area contributed by atoms with Gasteiger partial charge in [0.15, 0.2) is 11.6 Å². The highest BCUT2D eigenvalue weighted by atomic mass is 19.1. The number of nitrogens with one attached hydrogen (secondary N) is 2. The molecular weight excluding hydrogens is 475 g/mol. The molecule has 2 aliphatic heterocycles. The van der Waals surface area contributed by atoms with E-state index in [4.69, 9.17) is 4.74 Å². The van der Waals surface area contributed by atoms with Crippen molar-refractivity contribution in [1.29, 1.82) is 0 Å². The Morgan fingerprint density at radius 3 is 2.76 bits per heavy atom. The Bertz CT molecular complexity index is 1400. The van der Waals surface area contributed by atoms with Gasteiger partial charge in [0.2, 0.25) is 0 Å². The van der Waals surface area contributed by atoms with Crippen molar-refractivity contribution in [2.75, 3.05) is 20.2 Å². The lowest BCUT2D eigenvalue weighted by atomic mass is 9.81. The minimum atomic E-state index is -1.13. The van der Waals surface area contributed by atoms with Crippen molar-refractivity contribution in [2.45, 2.75) is 56.7 Å². The van der Waals surface area contributed by atoms with Gasteiger partial charge in [-0.05, 0) is 62.1 Å². The maximum Gasteiger partial charge on any atom is 0.328 e. The first-order chi connectivity index (χ1) is 17.8. The molecule has 1 saturated carbocycles. The Labute approximate surface area is 214 Å². The average molecular weight is 507 g/mol. The summed E-state index contributed by atoms with van der Waals surface area (Å²) < 4.78 is 19.8. The first-order valence-electron chi connectivity index (χ1n) is 12.9. The third-order valence-electron chi connectivity index (χ3n) is 8.22. The quantitative estimate of drug-likeness (QED) is 0.329. The Kier molecular flexibility index (Phi) is 5.63. The number of amides is 3. The monoisotopic (exact) mass is 506 g/mol. The second-order valence-electron chi connectivity index (χ2n) is 10.5. The highest BCUT2D eigenvalue weighted by molar-refractivity contribution is 6.08. The van der Waals surface area contributed by atoms with Gasteiger partial charge in [0.1, 0.15) is 17.3 Å². The molecule has 3 aliphatic rings. The molecule has 3 heterocycles. The van der Waals surface area contributed by atoms with Gasteiger partial charge in [-0.3, -0.25) is 14.6 Å². The number of imide groups is 1. The summed E-state index contributed by atoms with van der Waals surface area (Å²) in [7, 11) is 1.42. The number of halogens is 1. The molecule has 37 heavy (non-hydrogen) atoms.